The third-order valence-corrected chi connectivity index (χ3v) is 4.53. The van der Waals surface area contributed by atoms with Crippen molar-refractivity contribution in [2.45, 2.75) is 19.2 Å². The van der Waals surface area contributed by atoms with E-state index in [2.05, 4.69) is 15.1 Å². The normalized spacial score (nSPS) is 14.7. The summed E-state index contributed by atoms with van der Waals surface area (Å²) in [5.41, 5.74) is 2.17. The summed E-state index contributed by atoms with van der Waals surface area (Å²) in [5, 5.41) is 23.9. The van der Waals surface area contributed by atoms with E-state index in [-0.39, 0.29) is 5.91 Å². The lowest BCUT2D eigenvalue weighted by Gasteiger charge is -2.27. The highest BCUT2D eigenvalue weighted by Crippen LogP contribution is 2.23. The monoisotopic (exact) mass is 351 g/mol. The molecule has 0 spiro atoms. The third kappa shape index (κ3) is 2.66. The number of carbonyl (C=O) groups excluding carboxylic acids is 1. The molecule has 26 heavy (non-hydrogen) atoms. The average molecular weight is 351 g/mol. The number of rotatable bonds is 3. The van der Waals surface area contributed by atoms with Crippen LogP contribution in [0.2, 0.25) is 0 Å². The fourth-order valence-electron chi connectivity index (χ4n) is 3.12. The van der Waals surface area contributed by atoms with Crippen molar-refractivity contribution in [3.8, 4) is 6.07 Å². The fourth-order valence-corrected chi connectivity index (χ4v) is 3.12. The van der Waals surface area contributed by atoms with Gasteiger partial charge in [0.15, 0.2) is 6.10 Å². The number of nitrogens with one attached hydrogen (secondary N) is 1. The summed E-state index contributed by atoms with van der Waals surface area (Å²) >= 11 is 0. The number of nitrogens with zero attached hydrogens (tertiary/aromatic N) is 6. The molecule has 3 aromatic heterocycles. The molecule has 132 valence electrons. The Morgan fingerprint density at radius 2 is 2.27 bits per heavy atom. The highest BCUT2D eigenvalue weighted by molar-refractivity contribution is 5.92. The number of aliphatic hydroxyl groups excluding tert-OH is 1. The molecule has 0 radical (unpaired) electrons. The number of carbonyl (C=O) groups is 1. The molecule has 9 nitrogen and oxygen atoms in total. The van der Waals surface area contributed by atoms with Gasteiger partial charge in [-0.3, -0.25) is 9.48 Å². The molecule has 0 aliphatic carbocycles. The van der Waals surface area contributed by atoms with Gasteiger partial charge in [0, 0.05) is 32.2 Å². The molecule has 2 N–H and O–H groups in total. The molecular formula is C17H17N7O2. The van der Waals surface area contributed by atoms with E-state index >= 15 is 0 Å². The summed E-state index contributed by atoms with van der Waals surface area (Å²) in [6.45, 7) is 1.44. The van der Waals surface area contributed by atoms with Crippen molar-refractivity contribution in [1.29, 1.82) is 5.26 Å². The first kappa shape index (κ1) is 16.1. The summed E-state index contributed by atoms with van der Waals surface area (Å²) < 4.78 is 3.55. The number of H-pyrrole nitrogens is 1. The first-order chi connectivity index (χ1) is 12.6. The summed E-state index contributed by atoms with van der Waals surface area (Å²) in [5.74, 6) is 0.356. The van der Waals surface area contributed by atoms with Crippen molar-refractivity contribution in [3.05, 3.63) is 59.2 Å². The highest BCUT2D eigenvalue weighted by atomic mass is 16.3. The summed E-state index contributed by atoms with van der Waals surface area (Å²) in [7, 11) is 1.81. The molecule has 4 heterocycles. The second-order valence-electron chi connectivity index (χ2n) is 6.22. The lowest BCUT2D eigenvalue weighted by atomic mass is 10.2. The molecule has 1 atom stereocenters. The molecule has 4 rings (SSSR count). The molecule has 3 aromatic rings. The molecule has 0 saturated carbocycles. The van der Waals surface area contributed by atoms with Gasteiger partial charge in [-0.15, -0.1) is 0 Å². The van der Waals surface area contributed by atoms with Gasteiger partial charge >= 0.3 is 0 Å². The molecule has 9 heteroatoms. The molecule has 0 aromatic carbocycles. The van der Waals surface area contributed by atoms with Gasteiger partial charge in [0.05, 0.1) is 30.0 Å². The fraction of sp³-hybridized carbons (Fsp3) is 0.294. The van der Waals surface area contributed by atoms with E-state index in [9.17, 15) is 9.90 Å². The van der Waals surface area contributed by atoms with E-state index in [4.69, 9.17) is 5.26 Å². The second kappa shape index (κ2) is 6.16. The van der Waals surface area contributed by atoms with Crippen LogP contribution in [0.25, 0.3) is 0 Å². The van der Waals surface area contributed by atoms with E-state index in [0.29, 0.717) is 42.4 Å². The Bertz CT molecular complexity index is 1010. The Labute approximate surface area is 149 Å². The summed E-state index contributed by atoms with van der Waals surface area (Å²) in [6, 6.07) is 5.35. The zero-order valence-electron chi connectivity index (χ0n) is 14.1. The molecular weight excluding hydrogens is 334 g/mol. The number of nitriles is 1. The standard InChI is InChI=1S/C17H17N7O2/c1-22-3-2-19-16(22)15(25)13-7-12-10-23(4-5-24(12)21-13)17(26)14-6-11(8-18)9-20-14/h2-3,6-7,9,15,20,25H,4-5,10H2,1H3/t15-/m1/s1. The van der Waals surface area contributed by atoms with Gasteiger partial charge in [0.1, 0.15) is 17.6 Å². The maximum Gasteiger partial charge on any atom is 0.270 e. The number of imidazole rings is 1. The zero-order valence-corrected chi connectivity index (χ0v) is 14.1. The van der Waals surface area contributed by atoms with Crippen molar-refractivity contribution >= 4 is 5.91 Å². The van der Waals surface area contributed by atoms with Crippen LogP contribution >= 0.6 is 0 Å². The predicted molar refractivity (Wildman–Crippen MR) is 89.7 cm³/mol. The van der Waals surface area contributed by atoms with Gasteiger partial charge in [-0.1, -0.05) is 0 Å². The predicted octanol–water partition coefficient (Wildman–Crippen LogP) is 0.554. The number of aromatic amines is 1. The van der Waals surface area contributed by atoms with Crippen molar-refractivity contribution < 1.29 is 9.90 Å². The Kier molecular flexibility index (Phi) is 3.82. The highest BCUT2D eigenvalue weighted by Gasteiger charge is 2.26. The number of fused-ring (bicyclic) bond motifs is 1. The topological polar surface area (TPSA) is 116 Å². The molecule has 0 unspecified atom stereocenters. The molecule has 1 aliphatic rings. The van der Waals surface area contributed by atoms with Gasteiger partial charge in [-0.05, 0) is 12.1 Å². The lowest BCUT2D eigenvalue weighted by molar-refractivity contribution is 0.0700. The number of hydrogen-bond donors (Lipinski definition) is 2. The Morgan fingerprint density at radius 1 is 1.42 bits per heavy atom. The average Bonchev–Trinajstić information content (AvgIpc) is 3.38. The first-order valence-electron chi connectivity index (χ1n) is 8.16. The van der Waals surface area contributed by atoms with Crippen molar-refractivity contribution in [3.63, 3.8) is 0 Å². The Balaban J connectivity index is 1.54. The minimum Gasteiger partial charge on any atom is -0.379 e. The first-order valence-corrected chi connectivity index (χ1v) is 8.16. The third-order valence-electron chi connectivity index (χ3n) is 4.53. The van der Waals surface area contributed by atoms with Gasteiger partial charge in [-0.25, -0.2) is 4.98 Å². The van der Waals surface area contributed by atoms with E-state index in [1.807, 2.05) is 13.1 Å². The molecule has 0 bridgehead atoms. The van der Waals surface area contributed by atoms with Crippen LogP contribution in [0.4, 0.5) is 0 Å². The minimum atomic E-state index is -0.918. The van der Waals surface area contributed by atoms with Crippen LogP contribution in [0.5, 0.6) is 0 Å². The number of aromatic nitrogens is 5. The van der Waals surface area contributed by atoms with E-state index in [1.165, 1.54) is 6.20 Å². The van der Waals surface area contributed by atoms with Crippen LogP contribution in [0, 0.1) is 11.3 Å². The summed E-state index contributed by atoms with van der Waals surface area (Å²) in [4.78, 5) is 21.3. The van der Waals surface area contributed by atoms with E-state index in [1.54, 1.807) is 38.7 Å². The van der Waals surface area contributed by atoms with Crippen LogP contribution < -0.4 is 0 Å². The van der Waals surface area contributed by atoms with Gasteiger partial charge in [0.2, 0.25) is 0 Å². The molecule has 1 aliphatic heterocycles. The zero-order chi connectivity index (χ0) is 18.3. The summed E-state index contributed by atoms with van der Waals surface area (Å²) in [6.07, 6.45) is 3.99. The number of amides is 1. The molecule has 0 fully saturated rings. The van der Waals surface area contributed by atoms with E-state index in [0.717, 1.165) is 5.69 Å². The van der Waals surface area contributed by atoms with Gasteiger partial charge in [-0.2, -0.15) is 10.4 Å². The minimum absolute atomic E-state index is 0.162. The Hall–Kier alpha value is -3.38. The van der Waals surface area contributed by atoms with Crippen molar-refractivity contribution in [1.82, 2.24) is 29.2 Å². The van der Waals surface area contributed by atoms with Crippen LogP contribution in [0.15, 0.2) is 30.7 Å². The van der Waals surface area contributed by atoms with Gasteiger partial charge < -0.3 is 19.6 Å². The van der Waals surface area contributed by atoms with Crippen LogP contribution in [-0.4, -0.2) is 46.8 Å². The SMILES string of the molecule is Cn1ccnc1[C@H](O)c1cc2n(n1)CCN(C(=O)c1cc(C#N)c[nH]1)C2. The maximum atomic E-state index is 12.6. The number of aryl methyl sites for hydroxylation is 1. The molecule has 0 saturated heterocycles. The van der Waals surface area contributed by atoms with Gasteiger partial charge in [0.25, 0.3) is 5.91 Å². The number of hydrogen-bond acceptors (Lipinski definition) is 5. The smallest absolute Gasteiger partial charge is 0.270 e. The van der Waals surface area contributed by atoms with Crippen LogP contribution in [0.1, 0.15) is 39.4 Å². The Morgan fingerprint density at radius 3 is 2.96 bits per heavy atom. The largest absolute Gasteiger partial charge is 0.379 e. The maximum absolute atomic E-state index is 12.6. The van der Waals surface area contributed by atoms with E-state index < -0.39 is 6.10 Å². The number of aliphatic hydroxyl groups is 1. The van der Waals surface area contributed by atoms with Crippen molar-refractivity contribution in [2.24, 2.45) is 7.05 Å². The van der Waals surface area contributed by atoms with Crippen molar-refractivity contribution in [2.75, 3.05) is 6.54 Å². The molecule has 1 amide bonds. The lowest BCUT2D eigenvalue weighted by Crippen LogP contribution is -2.38. The quantitative estimate of drug-likeness (QED) is 0.715. The van der Waals surface area contributed by atoms with Crippen LogP contribution in [-0.2, 0) is 20.1 Å². The second-order valence-corrected chi connectivity index (χ2v) is 6.22. The van der Waals surface area contributed by atoms with Crippen LogP contribution in [0.3, 0.4) is 0 Å².